The third kappa shape index (κ3) is 4.95. The van der Waals surface area contributed by atoms with E-state index < -0.39 is 6.09 Å². The molecule has 0 heterocycles. The molecule has 4 N–H and O–H groups in total. The lowest BCUT2D eigenvalue weighted by Gasteiger charge is -1.96. The Kier molecular flexibility index (Phi) is 3.61. The molecule has 5 nitrogen and oxygen atoms in total. The van der Waals surface area contributed by atoms with Gasteiger partial charge in [-0.15, -0.1) is 0 Å². The molecule has 0 aliphatic heterocycles. The van der Waals surface area contributed by atoms with E-state index in [1.165, 1.54) is 7.05 Å². The Labute approximate surface area is 56.7 Å². The van der Waals surface area contributed by atoms with Crippen LogP contribution >= 0.6 is 12.0 Å². The third-order valence-electron chi connectivity index (χ3n) is 0.411. The van der Waals surface area contributed by atoms with Crippen LogP contribution in [0, 0.1) is 5.41 Å². The van der Waals surface area contributed by atoms with Crippen LogP contribution in [0.1, 0.15) is 0 Å². The monoisotopic (exact) mass is 149 g/mol. The average molecular weight is 149 g/mol. The van der Waals surface area contributed by atoms with Crippen LogP contribution in [0.5, 0.6) is 0 Å². The molecule has 0 aromatic heterocycles. The van der Waals surface area contributed by atoms with E-state index in [9.17, 15) is 4.79 Å². The number of hydrogen-bond donors (Lipinski definition) is 3. The molecule has 0 radical (unpaired) electrons. The molecule has 0 unspecified atom stereocenters. The standard InChI is InChI=1S/C3H7N3O2S/c1-6-3(7)8-9-2(4)5/h1H3,(H3,4,5)(H,6,7). The smallest absolute Gasteiger partial charge is 0.376 e. The molecule has 0 aliphatic carbocycles. The summed E-state index contributed by atoms with van der Waals surface area (Å²) in [4.78, 5) is 10.2. The first kappa shape index (κ1) is 8.09. The maximum atomic E-state index is 10.2. The van der Waals surface area contributed by atoms with E-state index in [0.717, 1.165) is 0 Å². The fourth-order valence-electron chi connectivity index (χ4n) is 0.124. The molecule has 0 aromatic rings. The Morgan fingerprint density at radius 2 is 2.44 bits per heavy atom. The summed E-state index contributed by atoms with van der Waals surface area (Å²) in [6, 6.07) is 0. The second-order valence-corrected chi connectivity index (χ2v) is 1.84. The molecular formula is C3H7N3O2S. The number of rotatable bonds is 0. The predicted octanol–water partition coefficient (Wildman–Crippen LogP) is -0.116. The van der Waals surface area contributed by atoms with Gasteiger partial charge in [0, 0.05) is 7.05 Å². The molecule has 1 amide bonds. The molecule has 6 heteroatoms. The van der Waals surface area contributed by atoms with E-state index >= 15 is 0 Å². The second-order valence-electron chi connectivity index (χ2n) is 1.07. The van der Waals surface area contributed by atoms with Gasteiger partial charge < -0.3 is 15.2 Å². The molecule has 9 heavy (non-hydrogen) atoms. The summed E-state index contributed by atoms with van der Waals surface area (Å²) in [6.45, 7) is 0. The first-order valence-corrected chi connectivity index (χ1v) is 2.81. The lowest BCUT2D eigenvalue weighted by atomic mass is 11.1. The molecular weight excluding hydrogens is 142 g/mol. The van der Waals surface area contributed by atoms with Gasteiger partial charge in [-0.1, -0.05) is 0 Å². The average Bonchev–Trinajstić information content (AvgIpc) is 1.83. The van der Waals surface area contributed by atoms with Crippen molar-refractivity contribution in [1.29, 1.82) is 5.41 Å². The van der Waals surface area contributed by atoms with Gasteiger partial charge in [0.25, 0.3) is 0 Å². The van der Waals surface area contributed by atoms with Crippen molar-refractivity contribution in [1.82, 2.24) is 5.32 Å². The van der Waals surface area contributed by atoms with E-state index in [-0.39, 0.29) is 5.17 Å². The topological polar surface area (TPSA) is 88.2 Å². The predicted molar refractivity (Wildman–Crippen MR) is 35.0 cm³/mol. The minimum atomic E-state index is -0.616. The Hall–Kier alpha value is -0.910. The molecule has 0 spiro atoms. The molecule has 0 saturated carbocycles. The van der Waals surface area contributed by atoms with E-state index in [1.807, 2.05) is 0 Å². The van der Waals surface area contributed by atoms with Gasteiger partial charge in [0.1, 0.15) is 12.0 Å². The minimum Gasteiger partial charge on any atom is -0.376 e. The maximum Gasteiger partial charge on any atom is 0.419 e. The van der Waals surface area contributed by atoms with Crippen LogP contribution in [0.3, 0.4) is 0 Å². The van der Waals surface area contributed by atoms with Crippen LogP contribution < -0.4 is 11.1 Å². The Bertz CT molecular complexity index is 126. The van der Waals surface area contributed by atoms with Crippen LogP contribution in [-0.2, 0) is 4.18 Å². The Morgan fingerprint density at radius 1 is 1.89 bits per heavy atom. The SMILES string of the molecule is CNC(=O)OSC(=N)N. The van der Waals surface area contributed by atoms with Gasteiger partial charge >= 0.3 is 6.09 Å². The van der Waals surface area contributed by atoms with Crippen molar-refractivity contribution < 1.29 is 8.98 Å². The molecule has 0 atom stereocenters. The zero-order valence-electron chi connectivity index (χ0n) is 4.80. The van der Waals surface area contributed by atoms with Crippen molar-refractivity contribution >= 4 is 23.3 Å². The summed E-state index contributed by atoms with van der Waals surface area (Å²) in [5, 5.41) is 8.53. The largest absolute Gasteiger partial charge is 0.419 e. The fourth-order valence-corrected chi connectivity index (χ4v) is 0.373. The van der Waals surface area contributed by atoms with E-state index in [0.29, 0.717) is 12.0 Å². The number of nitrogens with one attached hydrogen (secondary N) is 2. The Morgan fingerprint density at radius 3 is 2.78 bits per heavy atom. The third-order valence-corrected chi connectivity index (χ3v) is 0.826. The number of amides is 1. The molecule has 0 bridgehead atoms. The van der Waals surface area contributed by atoms with Gasteiger partial charge in [-0.05, 0) is 0 Å². The summed E-state index contributed by atoms with van der Waals surface area (Å²) in [6.07, 6.45) is -0.616. The van der Waals surface area contributed by atoms with Crippen molar-refractivity contribution in [2.75, 3.05) is 7.05 Å². The fraction of sp³-hybridized carbons (Fsp3) is 0.333. The van der Waals surface area contributed by atoms with Gasteiger partial charge in [-0.25, -0.2) is 4.79 Å². The molecule has 0 rings (SSSR count). The summed E-state index contributed by atoms with van der Waals surface area (Å²) in [7, 11) is 1.42. The molecule has 0 fully saturated rings. The molecule has 52 valence electrons. The van der Waals surface area contributed by atoms with Gasteiger partial charge in [0.15, 0.2) is 5.17 Å². The summed E-state index contributed by atoms with van der Waals surface area (Å²) < 4.78 is 4.27. The number of carbonyl (C=O) groups is 1. The summed E-state index contributed by atoms with van der Waals surface area (Å²) in [5.41, 5.74) is 4.84. The van der Waals surface area contributed by atoms with Crippen LogP contribution in [-0.4, -0.2) is 18.3 Å². The Balaban J connectivity index is 3.28. The van der Waals surface area contributed by atoms with Gasteiger partial charge in [0.2, 0.25) is 0 Å². The van der Waals surface area contributed by atoms with Gasteiger partial charge in [-0.2, -0.15) is 0 Å². The highest BCUT2D eigenvalue weighted by Crippen LogP contribution is 1.98. The van der Waals surface area contributed by atoms with E-state index in [2.05, 4.69) is 9.50 Å². The van der Waals surface area contributed by atoms with Crippen LogP contribution in [0.25, 0.3) is 0 Å². The second kappa shape index (κ2) is 4.02. The molecule has 0 aromatic carbocycles. The zero-order chi connectivity index (χ0) is 7.28. The number of amidine groups is 1. The normalized spacial score (nSPS) is 8.11. The van der Waals surface area contributed by atoms with E-state index in [4.69, 9.17) is 11.1 Å². The quantitative estimate of drug-likeness (QED) is 0.254. The lowest BCUT2D eigenvalue weighted by molar-refractivity contribution is 0.211. The van der Waals surface area contributed by atoms with Crippen molar-refractivity contribution in [3.05, 3.63) is 0 Å². The molecule has 0 aliphatic rings. The van der Waals surface area contributed by atoms with Crippen LogP contribution in [0.15, 0.2) is 0 Å². The van der Waals surface area contributed by atoms with Crippen molar-refractivity contribution in [3.63, 3.8) is 0 Å². The zero-order valence-corrected chi connectivity index (χ0v) is 5.62. The van der Waals surface area contributed by atoms with E-state index in [1.54, 1.807) is 0 Å². The van der Waals surface area contributed by atoms with Crippen molar-refractivity contribution in [3.8, 4) is 0 Å². The molecule has 0 saturated heterocycles. The van der Waals surface area contributed by atoms with Crippen LogP contribution in [0.4, 0.5) is 4.79 Å². The highest BCUT2D eigenvalue weighted by molar-refractivity contribution is 8.09. The van der Waals surface area contributed by atoms with Gasteiger partial charge in [-0.3, -0.25) is 5.41 Å². The highest BCUT2D eigenvalue weighted by Gasteiger charge is 1.98. The minimum absolute atomic E-state index is 0.251. The van der Waals surface area contributed by atoms with Crippen molar-refractivity contribution in [2.24, 2.45) is 5.73 Å². The summed E-state index contributed by atoms with van der Waals surface area (Å²) >= 11 is 0.513. The maximum absolute atomic E-state index is 10.2. The van der Waals surface area contributed by atoms with Crippen LogP contribution in [0.2, 0.25) is 0 Å². The first-order valence-electron chi connectivity index (χ1n) is 2.07. The number of hydrogen-bond acceptors (Lipinski definition) is 4. The lowest BCUT2D eigenvalue weighted by Crippen LogP contribution is -2.18. The summed E-state index contributed by atoms with van der Waals surface area (Å²) in [5.74, 6) is 0. The first-order chi connectivity index (χ1) is 4.16. The van der Waals surface area contributed by atoms with Crippen molar-refractivity contribution in [2.45, 2.75) is 0 Å². The number of carbonyl (C=O) groups excluding carboxylic acids is 1. The highest BCUT2D eigenvalue weighted by atomic mass is 32.2. The number of nitrogens with two attached hydrogens (primary N) is 1. The van der Waals surface area contributed by atoms with Gasteiger partial charge in [0.05, 0.1) is 0 Å².